The number of hydrogen-bond donors (Lipinski definition) is 2. The number of aliphatic imine (C=N–C) groups is 1. The van der Waals surface area contributed by atoms with Crippen LogP contribution in [0.3, 0.4) is 0 Å². The fourth-order valence-electron chi connectivity index (χ4n) is 1.97. The van der Waals surface area contributed by atoms with Gasteiger partial charge in [0.05, 0.1) is 0 Å². The molecule has 4 nitrogen and oxygen atoms in total. The molecule has 4 heteroatoms. The maximum Gasteiger partial charge on any atom is 0.259 e. The van der Waals surface area contributed by atoms with Crippen LogP contribution in [-0.2, 0) is 10.3 Å². The number of carbonyl (C=O) groups excluding carboxylic acids is 1. The van der Waals surface area contributed by atoms with Gasteiger partial charge in [-0.3, -0.25) is 10.1 Å². The highest BCUT2D eigenvalue weighted by Crippen LogP contribution is 2.32. The second kappa shape index (κ2) is 3.63. The molecule has 84 valence electrons. The Hall–Kier alpha value is -1.84. The van der Waals surface area contributed by atoms with Gasteiger partial charge in [-0.05, 0) is 18.9 Å². The summed E-state index contributed by atoms with van der Waals surface area (Å²) >= 11 is 0. The van der Waals surface area contributed by atoms with E-state index >= 15 is 0 Å². The average molecular weight is 217 g/mol. The third-order valence-corrected chi connectivity index (χ3v) is 2.97. The summed E-state index contributed by atoms with van der Waals surface area (Å²) in [6.07, 6.45) is 0.600. The van der Waals surface area contributed by atoms with E-state index in [0.717, 1.165) is 11.1 Å². The molecule has 1 aromatic carbocycles. The van der Waals surface area contributed by atoms with Crippen molar-refractivity contribution in [2.24, 2.45) is 10.7 Å². The molecule has 0 aliphatic carbocycles. The first-order chi connectivity index (χ1) is 7.58. The van der Waals surface area contributed by atoms with Crippen molar-refractivity contribution in [3.05, 3.63) is 35.4 Å². The summed E-state index contributed by atoms with van der Waals surface area (Å²) in [6, 6.07) is 7.81. The van der Waals surface area contributed by atoms with Crippen LogP contribution in [0.5, 0.6) is 0 Å². The summed E-state index contributed by atoms with van der Waals surface area (Å²) in [7, 11) is 0. The third kappa shape index (κ3) is 1.46. The molecular weight excluding hydrogens is 202 g/mol. The summed E-state index contributed by atoms with van der Waals surface area (Å²) in [5.74, 6) is 0.0591. The number of guanidine groups is 1. The van der Waals surface area contributed by atoms with Crippen LogP contribution in [-0.4, -0.2) is 11.9 Å². The van der Waals surface area contributed by atoms with E-state index in [0.29, 0.717) is 6.42 Å². The van der Waals surface area contributed by atoms with Crippen molar-refractivity contribution >= 4 is 11.9 Å². The lowest BCUT2D eigenvalue weighted by Gasteiger charge is -2.21. The Morgan fingerprint density at radius 1 is 1.38 bits per heavy atom. The molecular formula is C12H15N3O. The summed E-state index contributed by atoms with van der Waals surface area (Å²) in [5.41, 5.74) is 6.77. The first-order valence-electron chi connectivity index (χ1n) is 5.32. The monoisotopic (exact) mass is 217 g/mol. The van der Waals surface area contributed by atoms with Gasteiger partial charge in [0.15, 0.2) is 11.5 Å². The van der Waals surface area contributed by atoms with Crippen LogP contribution in [0.2, 0.25) is 0 Å². The SMILES string of the molecule is CCC1(c2ccc(C)cc2)N=C(N)NC1=O. The summed E-state index contributed by atoms with van der Waals surface area (Å²) in [5, 5.41) is 2.56. The van der Waals surface area contributed by atoms with Crippen LogP contribution in [0.25, 0.3) is 0 Å². The summed E-state index contributed by atoms with van der Waals surface area (Å²) < 4.78 is 0. The molecule has 2 rings (SSSR count). The van der Waals surface area contributed by atoms with Gasteiger partial charge in [-0.1, -0.05) is 36.8 Å². The molecule has 1 atom stereocenters. The molecule has 3 N–H and O–H groups in total. The van der Waals surface area contributed by atoms with Crippen molar-refractivity contribution in [3.63, 3.8) is 0 Å². The second-order valence-electron chi connectivity index (χ2n) is 4.03. The fourth-order valence-corrected chi connectivity index (χ4v) is 1.97. The van der Waals surface area contributed by atoms with E-state index in [2.05, 4.69) is 10.3 Å². The number of rotatable bonds is 2. The Morgan fingerprint density at radius 3 is 2.44 bits per heavy atom. The number of nitrogens with two attached hydrogens (primary N) is 1. The van der Waals surface area contributed by atoms with Crippen LogP contribution in [0, 0.1) is 6.92 Å². The Balaban J connectivity index is 2.50. The maximum absolute atomic E-state index is 11.9. The number of aryl methyl sites for hydroxylation is 1. The zero-order valence-electron chi connectivity index (χ0n) is 9.45. The van der Waals surface area contributed by atoms with Crippen LogP contribution >= 0.6 is 0 Å². The molecule has 0 radical (unpaired) electrons. The molecule has 1 unspecified atom stereocenters. The van der Waals surface area contributed by atoms with E-state index in [9.17, 15) is 4.79 Å². The lowest BCUT2D eigenvalue weighted by molar-refractivity contribution is -0.124. The Labute approximate surface area is 94.6 Å². The molecule has 0 fully saturated rings. The molecule has 1 aliphatic heterocycles. The highest BCUT2D eigenvalue weighted by atomic mass is 16.2. The molecule has 0 saturated carbocycles. The van der Waals surface area contributed by atoms with Gasteiger partial charge in [0.25, 0.3) is 5.91 Å². The highest BCUT2D eigenvalue weighted by molar-refractivity contribution is 6.07. The van der Waals surface area contributed by atoms with Gasteiger partial charge >= 0.3 is 0 Å². The number of benzene rings is 1. The summed E-state index contributed by atoms with van der Waals surface area (Å²) in [6.45, 7) is 3.94. The van der Waals surface area contributed by atoms with E-state index in [1.165, 1.54) is 0 Å². The van der Waals surface area contributed by atoms with Gasteiger partial charge in [0.1, 0.15) is 0 Å². The van der Waals surface area contributed by atoms with E-state index in [1.807, 2.05) is 38.1 Å². The van der Waals surface area contributed by atoms with Crippen LogP contribution in [0.15, 0.2) is 29.3 Å². The van der Waals surface area contributed by atoms with E-state index in [-0.39, 0.29) is 11.9 Å². The van der Waals surface area contributed by atoms with Crippen molar-refractivity contribution in [1.82, 2.24) is 5.32 Å². The van der Waals surface area contributed by atoms with E-state index in [4.69, 9.17) is 5.73 Å². The fraction of sp³-hybridized carbons (Fsp3) is 0.333. The van der Waals surface area contributed by atoms with E-state index < -0.39 is 5.54 Å². The highest BCUT2D eigenvalue weighted by Gasteiger charge is 2.42. The van der Waals surface area contributed by atoms with Crippen molar-refractivity contribution in [3.8, 4) is 0 Å². The third-order valence-electron chi connectivity index (χ3n) is 2.97. The standard InChI is InChI=1S/C12H15N3O/c1-3-12(10(16)14-11(13)15-12)9-6-4-8(2)5-7-9/h4-7H,3H2,1-2H3,(H3,13,14,15,16). The lowest BCUT2D eigenvalue weighted by Crippen LogP contribution is -2.38. The number of carbonyl (C=O) groups is 1. The molecule has 1 aliphatic rings. The summed E-state index contributed by atoms with van der Waals surface area (Å²) in [4.78, 5) is 16.2. The smallest absolute Gasteiger partial charge is 0.259 e. The van der Waals surface area contributed by atoms with Gasteiger partial charge in [0.2, 0.25) is 0 Å². The average Bonchev–Trinajstić information content (AvgIpc) is 2.55. The topological polar surface area (TPSA) is 67.5 Å². The predicted molar refractivity (Wildman–Crippen MR) is 62.9 cm³/mol. The predicted octanol–water partition coefficient (Wildman–Crippen LogP) is 1.04. The van der Waals surface area contributed by atoms with Gasteiger partial charge in [-0.2, -0.15) is 0 Å². The Bertz CT molecular complexity index is 450. The molecule has 1 aromatic rings. The number of hydrogen-bond acceptors (Lipinski definition) is 3. The van der Waals surface area contributed by atoms with Crippen LogP contribution in [0.4, 0.5) is 0 Å². The maximum atomic E-state index is 11.9. The second-order valence-corrected chi connectivity index (χ2v) is 4.03. The number of amides is 1. The minimum atomic E-state index is -0.836. The minimum Gasteiger partial charge on any atom is -0.370 e. The van der Waals surface area contributed by atoms with Crippen molar-refractivity contribution in [2.45, 2.75) is 25.8 Å². The Kier molecular flexibility index (Phi) is 2.42. The van der Waals surface area contributed by atoms with Crippen molar-refractivity contribution < 1.29 is 4.79 Å². The molecule has 0 bridgehead atoms. The van der Waals surface area contributed by atoms with Gasteiger partial charge < -0.3 is 5.73 Å². The van der Waals surface area contributed by atoms with Crippen LogP contribution < -0.4 is 11.1 Å². The molecule has 0 spiro atoms. The molecule has 0 aromatic heterocycles. The molecule has 16 heavy (non-hydrogen) atoms. The van der Waals surface area contributed by atoms with Crippen molar-refractivity contribution in [1.29, 1.82) is 0 Å². The van der Waals surface area contributed by atoms with Crippen molar-refractivity contribution in [2.75, 3.05) is 0 Å². The number of nitrogens with one attached hydrogen (secondary N) is 1. The minimum absolute atomic E-state index is 0.142. The van der Waals surface area contributed by atoms with Gasteiger partial charge in [0, 0.05) is 0 Å². The van der Waals surface area contributed by atoms with Crippen LogP contribution in [0.1, 0.15) is 24.5 Å². The zero-order valence-corrected chi connectivity index (χ0v) is 9.45. The largest absolute Gasteiger partial charge is 0.370 e. The molecule has 1 amide bonds. The zero-order chi connectivity index (χ0) is 11.8. The molecule has 1 heterocycles. The first-order valence-corrected chi connectivity index (χ1v) is 5.32. The van der Waals surface area contributed by atoms with Gasteiger partial charge in [-0.25, -0.2) is 4.99 Å². The first kappa shape index (κ1) is 10.7. The quantitative estimate of drug-likeness (QED) is 0.777. The molecule has 0 saturated heterocycles. The lowest BCUT2D eigenvalue weighted by atomic mass is 9.87. The normalized spacial score (nSPS) is 24.1. The Morgan fingerprint density at radius 2 is 2.00 bits per heavy atom. The van der Waals surface area contributed by atoms with Gasteiger partial charge in [-0.15, -0.1) is 0 Å². The number of nitrogens with zero attached hydrogens (tertiary/aromatic N) is 1. The van der Waals surface area contributed by atoms with E-state index in [1.54, 1.807) is 0 Å².